The minimum atomic E-state index is -0.947. The molecule has 0 aliphatic rings. The highest BCUT2D eigenvalue weighted by molar-refractivity contribution is 7.99. The molecule has 2 aromatic rings. The molecular weight excluding hydrogens is 232 g/mol. The van der Waals surface area contributed by atoms with Crippen molar-refractivity contribution in [2.24, 2.45) is 0 Å². The van der Waals surface area contributed by atoms with Crippen LogP contribution in [-0.2, 0) is 0 Å². The van der Waals surface area contributed by atoms with Gasteiger partial charge in [-0.3, -0.25) is 0 Å². The van der Waals surface area contributed by atoms with Crippen molar-refractivity contribution in [1.82, 2.24) is 0 Å². The normalized spacial score (nSPS) is 10.2. The van der Waals surface area contributed by atoms with E-state index in [1.807, 2.05) is 18.2 Å². The summed E-state index contributed by atoms with van der Waals surface area (Å²) in [6.45, 7) is 2.05. The second kappa shape index (κ2) is 5.06. The Balaban J connectivity index is 2.20. The molecule has 0 atom stereocenters. The van der Waals surface area contributed by atoms with Gasteiger partial charge in [-0.2, -0.15) is 0 Å². The Bertz CT molecular complexity index is 532. The molecule has 0 aliphatic heterocycles. The van der Waals surface area contributed by atoms with Crippen LogP contribution in [0.4, 0.5) is 0 Å². The summed E-state index contributed by atoms with van der Waals surface area (Å²) in [7, 11) is 0. The lowest BCUT2D eigenvalue weighted by atomic mass is 10.2. The van der Waals surface area contributed by atoms with Crippen LogP contribution < -0.4 is 0 Å². The van der Waals surface area contributed by atoms with E-state index in [0.717, 1.165) is 4.90 Å². The summed E-state index contributed by atoms with van der Waals surface area (Å²) in [5, 5.41) is 8.77. The quantitative estimate of drug-likeness (QED) is 0.894. The van der Waals surface area contributed by atoms with Crippen molar-refractivity contribution in [3.05, 3.63) is 59.7 Å². The number of rotatable bonds is 3. The number of hydrogen-bond acceptors (Lipinski definition) is 2. The lowest BCUT2D eigenvalue weighted by Crippen LogP contribution is -1.95. The van der Waals surface area contributed by atoms with Crippen molar-refractivity contribution in [3.63, 3.8) is 0 Å². The van der Waals surface area contributed by atoms with Crippen LogP contribution in [0.3, 0.4) is 0 Å². The maximum atomic E-state index is 10.7. The van der Waals surface area contributed by atoms with Crippen molar-refractivity contribution >= 4 is 17.7 Å². The average molecular weight is 243 g/mol. The van der Waals surface area contributed by atoms with E-state index < -0.39 is 5.97 Å². The number of carboxylic acid groups (broad SMARTS) is 1. The summed E-state index contributed by atoms with van der Waals surface area (Å²) >= 11 is 1.61. The predicted molar refractivity (Wildman–Crippen MR) is 67.5 cm³/mol. The van der Waals surface area contributed by atoms with Crippen LogP contribution in [0.25, 0.3) is 0 Å². The third-order valence-electron chi connectivity index (χ3n) is 2.34. The number of aryl methyl sites for hydroxylation is 1. The van der Waals surface area contributed by atoms with Crippen molar-refractivity contribution in [3.8, 4) is 0 Å². The lowest BCUT2D eigenvalue weighted by Gasteiger charge is -2.04. The molecule has 0 aliphatic carbocycles. The van der Waals surface area contributed by atoms with Gasteiger partial charge in [0.05, 0.1) is 5.56 Å². The van der Waals surface area contributed by atoms with E-state index in [9.17, 15) is 4.79 Å². The van der Waals surface area contributed by atoms with E-state index in [4.69, 9.17) is 5.11 Å². The minimum Gasteiger partial charge on any atom is -0.478 e. The SMILES string of the molecule is Cc1ccccc1Sc1c[c]c(C(=O)O)cc1. The van der Waals surface area contributed by atoms with E-state index in [2.05, 4.69) is 19.1 Å². The Morgan fingerprint density at radius 2 is 2.00 bits per heavy atom. The fourth-order valence-electron chi connectivity index (χ4n) is 1.40. The zero-order valence-electron chi connectivity index (χ0n) is 9.31. The van der Waals surface area contributed by atoms with E-state index in [0.29, 0.717) is 0 Å². The molecule has 2 rings (SSSR count). The van der Waals surface area contributed by atoms with Crippen LogP contribution in [0.2, 0.25) is 0 Å². The van der Waals surface area contributed by atoms with Crippen LogP contribution in [-0.4, -0.2) is 11.1 Å². The second-order valence-corrected chi connectivity index (χ2v) is 4.73. The maximum Gasteiger partial charge on any atom is 0.336 e. The van der Waals surface area contributed by atoms with Gasteiger partial charge >= 0.3 is 5.97 Å². The van der Waals surface area contributed by atoms with E-state index in [-0.39, 0.29) is 5.56 Å². The van der Waals surface area contributed by atoms with Gasteiger partial charge in [0.1, 0.15) is 0 Å². The molecule has 85 valence electrons. The fraction of sp³-hybridized carbons (Fsp3) is 0.0714. The average Bonchev–Trinajstić information content (AvgIpc) is 2.33. The largest absolute Gasteiger partial charge is 0.478 e. The Morgan fingerprint density at radius 3 is 2.59 bits per heavy atom. The molecule has 3 heteroatoms. The van der Waals surface area contributed by atoms with Gasteiger partial charge in [-0.25, -0.2) is 4.79 Å². The molecular formula is C14H11O2S. The van der Waals surface area contributed by atoms with E-state index in [1.54, 1.807) is 30.0 Å². The molecule has 0 fully saturated rings. The van der Waals surface area contributed by atoms with Gasteiger partial charge < -0.3 is 5.11 Å². The molecule has 1 radical (unpaired) electrons. The summed E-state index contributed by atoms with van der Waals surface area (Å²) < 4.78 is 0. The van der Waals surface area contributed by atoms with Gasteiger partial charge in [0.25, 0.3) is 0 Å². The summed E-state index contributed by atoms with van der Waals surface area (Å²) in [5.74, 6) is -0.947. The molecule has 0 unspecified atom stereocenters. The minimum absolute atomic E-state index is 0.194. The lowest BCUT2D eigenvalue weighted by molar-refractivity contribution is 0.0696. The molecule has 2 aromatic carbocycles. The highest BCUT2D eigenvalue weighted by Crippen LogP contribution is 2.29. The molecule has 0 heterocycles. The first-order chi connectivity index (χ1) is 8.16. The van der Waals surface area contributed by atoms with Crippen LogP contribution >= 0.6 is 11.8 Å². The zero-order chi connectivity index (χ0) is 12.3. The van der Waals surface area contributed by atoms with Gasteiger partial charge in [-0.1, -0.05) is 30.0 Å². The van der Waals surface area contributed by atoms with Gasteiger partial charge in [-0.15, -0.1) is 0 Å². The van der Waals surface area contributed by atoms with Gasteiger partial charge in [0.15, 0.2) is 0 Å². The van der Waals surface area contributed by atoms with Gasteiger partial charge in [-0.05, 0) is 42.8 Å². The number of benzene rings is 2. The maximum absolute atomic E-state index is 10.7. The third kappa shape index (κ3) is 2.88. The first-order valence-electron chi connectivity index (χ1n) is 5.15. The highest BCUT2D eigenvalue weighted by Gasteiger charge is 2.04. The van der Waals surface area contributed by atoms with E-state index in [1.165, 1.54) is 10.5 Å². The molecule has 0 amide bonds. The molecule has 0 aromatic heterocycles. The Kier molecular flexibility index (Phi) is 3.49. The smallest absolute Gasteiger partial charge is 0.336 e. The van der Waals surface area contributed by atoms with Crippen molar-refractivity contribution in [1.29, 1.82) is 0 Å². The summed E-state index contributed by atoms with van der Waals surface area (Å²) in [6.07, 6.45) is 0. The Morgan fingerprint density at radius 1 is 1.24 bits per heavy atom. The van der Waals surface area contributed by atoms with Crippen molar-refractivity contribution < 1.29 is 9.90 Å². The summed E-state index contributed by atoms with van der Waals surface area (Å²) in [5.41, 5.74) is 1.40. The Labute approximate surface area is 104 Å². The number of aromatic carboxylic acids is 1. The topological polar surface area (TPSA) is 37.3 Å². The van der Waals surface area contributed by atoms with E-state index >= 15 is 0 Å². The number of hydrogen-bond donors (Lipinski definition) is 1. The number of carboxylic acids is 1. The van der Waals surface area contributed by atoms with Crippen LogP contribution in [0.1, 0.15) is 15.9 Å². The first-order valence-corrected chi connectivity index (χ1v) is 5.97. The molecule has 0 saturated carbocycles. The highest BCUT2D eigenvalue weighted by atomic mass is 32.2. The fourth-order valence-corrected chi connectivity index (χ4v) is 2.29. The second-order valence-electron chi connectivity index (χ2n) is 3.61. The zero-order valence-corrected chi connectivity index (χ0v) is 10.1. The monoisotopic (exact) mass is 243 g/mol. The standard InChI is InChI=1S/C14H11O2S/c1-10-4-2-3-5-13(10)17-12-8-6-11(7-9-12)14(15)16/h2-6,8-9H,1H3,(H,15,16). The number of carbonyl (C=O) groups is 1. The molecule has 0 saturated heterocycles. The predicted octanol–water partition coefficient (Wildman–Crippen LogP) is 3.64. The molecule has 2 nitrogen and oxygen atoms in total. The van der Waals surface area contributed by atoms with Gasteiger partial charge in [0.2, 0.25) is 0 Å². The Hall–Kier alpha value is -1.74. The first kappa shape index (κ1) is 11.7. The molecule has 0 bridgehead atoms. The molecule has 17 heavy (non-hydrogen) atoms. The molecule has 0 spiro atoms. The van der Waals surface area contributed by atoms with Gasteiger partial charge in [0, 0.05) is 9.79 Å². The van der Waals surface area contributed by atoms with Crippen LogP contribution in [0.15, 0.2) is 52.3 Å². The summed E-state index contributed by atoms with van der Waals surface area (Å²) in [4.78, 5) is 12.8. The van der Waals surface area contributed by atoms with Crippen LogP contribution in [0, 0.1) is 13.0 Å². The third-order valence-corrected chi connectivity index (χ3v) is 3.50. The molecule has 1 N–H and O–H groups in total. The van der Waals surface area contributed by atoms with Crippen LogP contribution in [0.5, 0.6) is 0 Å². The van der Waals surface area contributed by atoms with Crippen molar-refractivity contribution in [2.75, 3.05) is 0 Å². The summed E-state index contributed by atoms with van der Waals surface area (Å²) in [6, 6.07) is 15.9. The van der Waals surface area contributed by atoms with Crippen molar-refractivity contribution in [2.45, 2.75) is 16.7 Å².